The minimum absolute atomic E-state index is 0.194. The summed E-state index contributed by atoms with van der Waals surface area (Å²) in [6.07, 6.45) is 0.962. The molecule has 1 aliphatic rings. The van der Waals surface area contributed by atoms with Crippen LogP contribution in [0.3, 0.4) is 0 Å². The summed E-state index contributed by atoms with van der Waals surface area (Å²) in [5, 5.41) is 8.31. The predicted molar refractivity (Wildman–Crippen MR) is 79.9 cm³/mol. The number of anilines is 1. The smallest absolute Gasteiger partial charge is 0.151 e. The Kier molecular flexibility index (Phi) is 3.67. The number of hydrogen-bond acceptors (Lipinski definition) is 4. The lowest BCUT2D eigenvalue weighted by atomic mass is 10.1. The molecule has 0 saturated carbocycles. The molecule has 6 heteroatoms. The van der Waals surface area contributed by atoms with Crippen LogP contribution in [0.15, 0.2) is 34.8 Å². The zero-order chi connectivity index (χ0) is 14.1. The molecular formula is C14H14BrFN4. The Labute approximate surface area is 124 Å². The highest BCUT2D eigenvalue weighted by Gasteiger charge is 2.20. The third-order valence-electron chi connectivity index (χ3n) is 3.40. The van der Waals surface area contributed by atoms with Gasteiger partial charge < -0.3 is 10.6 Å². The van der Waals surface area contributed by atoms with Crippen molar-refractivity contribution in [2.75, 3.05) is 18.0 Å². The quantitative estimate of drug-likeness (QED) is 0.915. The van der Waals surface area contributed by atoms with E-state index in [0.29, 0.717) is 11.3 Å². The van der Waals surface area contributed by atoms with Gasteiger partial charge in [-0.3, -0.25) is 0 Å². The number of halogens is 2. The van der Waals surface area contributed by atoms with Gasteiger partial charge in [0, 0.05) is 29.2 Å². The van der Waals surface area contributed by atoms with Crippen molar-refractivity contribution in [2.24, 2.45) is 5.73 Å². The van der Waals surface area contributed by atoms with Gasteiger partial charge in [-0.05, 0) is 36.8 Å². The summed E-state index contributed by atoms with van der Waals surface area (Å²) in [4.78, 5) is 2.10. The maximum atomic E-state index is 13.8. The second-order valence-corrected chi connectivity index (χ2v) is 5.81. The molecule has 1 fully saturated rings. The third kappa shape index (κ3) is 2.66. The predicted octanol–water partition coefficient (Wildman–Crippen LogP) is 2.58. The number of nitrogens with zero attached hydrogens (tertiary/aromatic N) is 3. The van der Waals surface area contributed by atoms with E-state index in [-0.39, 0.29) is 11.9 Å². The highest BCUT2D eigenvalue weighted by Crippen LogP contribution is 2.25. The normalized spacial score (nSPS) is 18.6. The lowest BCUT2D eigenvalue weighted by molar-refractivity contribution is 0.630. The number of aromatic nitrogens is 2. The Hall–Kier alpha value is -1.53. The standard InChI is InChI=1S/C14H14BrFN4/c15-9-1-2-12(16)11(7-9)13-3-4-14(19-18-13)20-6-5-10(17)8-20/h1-4,7,10H,5-6,8,17H2. The summed E-state index contributed by atoms with van der Waals surface area (Å²) in [6, 6.07) is 8.61. The second kappa shape index (κ2) is 5.46. The second-order valence-electron chi connectivity index (χ2n) is 4.90. The van der Waals surface area contributed by atoms with Crippen molar-refractivity contribution < 1.29 is 4.39 Å². The topological polar surface area (TPSA) is 55.0 Å². The van der Waals surface area contributed by atoms with Gasteiger partial charge in [-0.2, -0.15) is 0 Å². The maximum absolute atomic E-state index is 13.8. The Morgan fingerprint density at radius 1 is 1.25 bits per heavy atom. The average molecular weight is 337 g/mol. The van der Waals surface area contributed by atoms with Gasteiger partial charge in [0.1, 0.15) is 5.82 Å². The van der Waals surface area contributed by atoms with Crippen LogP contribution in [0.5, 0.6) is 0 Å². The van der Waals surface area contributed by atoms with Crippen molar-refractivity contribution in [3.8, 4) is 11.3 Å². The molecule has 104 valence electrons. The van der Waals surface area contributed by atoms with Crippen LogP contribution in [0.2, 0.25) is 0 Å². The molecule has 2 aromatic rings. The van der Waals surface area contributed by atoms with Crippen LogP contribution >= 0.6 is 15.9 Å². The summed E-state index contributed by atoms with van der Waals surface area (Å²) in [7, 11) is 0. The van der Waals surface area contributed by atoms with Crippen LogP contribution in [-0.2, 0) is 0 Å². The zero-order valence-corrected chi connectivity index (χ0v) is 12.3. The third-order valence-corrected chi connectivity index (χ3v) is 3.90. The highest BCUT2D eigenvalue weighted by molar-refractivity contribution is 9.10. The van der Waals surface area contributed by atoms with E-state index in [1.807, 2.05) is 6.07 Å². The van der Waals surface area contributed by atoms with Crippen LogP contribution in [0, 0.1) is 5.82 Å². The van der Waals surface area contributed by atoms with Crippen molar-refractivity contribution >= 4 is 21.7 Å². The summed E-state index contributed by atoms with van der Waals surface area (Å²) in [5.41, 5.74) is 6.84. The van der Waals surface area contributed by atoms with Gasteiger partial charge in [0.2, 0.25) is 0 Å². The van der Waals surface area contributed by atoms with Crippen molar-refractivity contribution in [3.63, 3.8) is 0 Å². The lowest BCUT2D eigenvalue weighted by Gasteiger charge is -2.16. The first-order chi connectivity index (χ1) is 9.63. The molecule has 1 atom stereocenters. The van der Waals surface area contributed by atoms with Crippen LogP contribution in [0.25, 0.3) is 11.3 Å². The molecule has 0 bridgehead atoms. The fourth-order valence-electron chi connectivity index (χ4n) is 2.33. The fourth-order valence-corrected chi connectivity index (χ4v) is 2.69. The van der Waals surface area contributed by atoms with Gasteiger partial charge >= 0.3 is 0 Å². The first-order valence-corrected chi connectivity index (χ1v) is 7.22. The highest BCUT2D eigenvalue weighted by atomic mass is 79.9. The average Bonchev–Trinajstić information content (AvgIpc) is 2.88. The number of nitrogens with two attached hydrogens (primary N) is 1. The molecule has 0 spiro atoms. The number of hydrogen-bond donors (Lipinski definition) is 1. The van der Waals surface area contributed by atoms with E-state index in [0.717, 1.165) is 29.8 Å². The fraction of sp³-hybridized carbons (Fsp3) is 0.286. The molecule has 1 unspecified atom stereocenters. The van der Waals surface area contributed by atoms with Crippen LogP contribution in [0.4, 0.5) is 10.2 Å². The van der Waals surface area contributed by atoms with Gasteiger partial charge in [0.25, 0.3) is 0 Å². The van der Waals surface area contributed by atoms with Crippen molar-refractivity contribution in [1.29, 1.82) is 0 Å². The number of benzene rings is 1. The van der Waals surface area contributed by atoms with Crippen molar-refractivity contribution in [1.82, 2.24) is 10.2 Å². The molecule has 2 N–H and O–H groups in total. The molecule has 0 radical (unpaired) electrons. The Morgan fingerprint density at radius 3 is 2.75 bits per heavy atom. The van der Waals surface area contributed by atoms with Crippen LogP contribution < -0.4 is 10.6 Å². The monoisotopic (exact) mass is 336 g/mol. The minimum Gasteiger partial charge on any atom is -0.354 e. The van der Waals surface area contributed by atoms with E-state index in [9.17, 15) is 4.39 Å². The Balaban J connectivity index is 1.87. The molecule has 2 heterocycles. The van der Waals surface area contributed by atoms with E-state index in [1.165, 1.54) is 6.07 Å². The molecule has 3 rings (SSSR count). The summed E-state index contributed by atoms with van der Waals surface area (Å²) in [5.74, 6) is 0.482. The molecular weight excluding hydrogens is 323 g/mol. The molecule has 1 aromatic heterocycles. The van der Waals surface area contributed by atoms with Crippen molar-refractivity contribution in [2.45, 2.75) is 12.5 Å². The summed E-state index contributed by atoms with van der Waals surface area (Å²) >= 11 is 3.33. The SMILES string of the molecule is NC1CCN(c2ccc(-c3cc(Br)ccc3F)nn2)C1. The largest absolute Gasteiger partial charge is 0.354 e. The van der Waals surface area contributed by atoms with Crippen molar-refractivity contribution in [3.05, 3.63) is 40.6 Å². The van der Waals surface area contributed by atoms with Gasteiger partial charge in [0.05, 0.1) is 5.69 Å². The first kappa shape index (κ1) is 13.5. The van der Waals surface area contributed by atoms with Crippen LogP contribution in [-0.4, -0.2) is 29.3 Å². The Morgan fingerprint density at radius 2 is 2.10 bits per heavy atom. The molecule has 1 aliphatic heterocycles. The van der Waals surface area contributed by atoms with Gasteiger partial charge in [0.15, 0.2) is 5.82 Å². The van der Waals surface area contributed by atoms with E-state index in [1.54, 1.807) is 18.2 Å². The van der Waals surface area contributed by atoms with Gasteiger partial charge in [-0.25, -0.2) is 4.39 Å². The summed E-state index contributed by atoms with van der Waals surface area (Å²) < 4.78 is 14.6. The molecule has 20 heavy (non-hydrogen) atoms. The zero-order valence-electron chi connectivity index (χ0n) is 10.8. The molecule has 1 saturated heterocycles. The first-order valence-electron chi connectivity index (χ1n) is 6.43. The molecule has 1 aromatic carbocycles. The molecule has 0 aliphatic carbocycles. The minimum atomic E-state index is -0.307. The maximum Gasteiger partial charge on any atom is 0.151 e. The lowest BCUT2D eigenvalue weighted by Crippen LogP contribution is -2.27. The van der Waals surface area contributed by atoms with E-state index in [4.69, 9.17) is 5.73 Å². The molecule has 0 amide bonds. The molecule has 4 nitrogen and oxygen atoms in total. The van der Waals surface area contributed by atoms with E-state index < -0.39 is 0 Å². The van der Waals surface area contributed by atoms with Crippen LogP contribution in [0.1, 0.15) is 6.42 Å². The number of rotatable bonds is 2. The van der Waals surface area contributed by atoms with Gasteiger partial charge in [-0.1, -0.05) is 15.9 Å². The van der Waals surface area contributed by atoms with Gasteiger partial charge in [-0.15, -0.1) is 10.2 Å². The van der Waals surface area contributed by atoms with E-state index in [2.05, 4.69) is 31.0 Å². The van der Waals surface area contributed by atoms with E-state index >= 15 is 0 Å². The Bertz CT molecular complexity index is 617. The summed E-state index contributed by atoms with van der Waals surface area (Å²) in [6.45, 7) is 1.68.